The molecule has 0 bridgehead atoms. The van der Waals surface area contributed by atoms with Gasteiger partial charge >= 0.3 is 5.97 Å². The number of nitrogens with one attached hydrogen (secondary N) is 1. The van der Waals surface area contributed by atoms with Crippen LogP contribution in [-0.2, 0) is 4.79 Å². The van der Waals surface area contributed by atoms with Crippen LogP contribution in [0.15, 0.2) is 23.0 Å². The molecule has 5 heteroatoms. The second-order valence-electron chi connectivity index (χ2n) is 4.62. The predicted octanol–water partition coefficient (Wildman–Crippen LogP) is 1.51. The molecule has 0 aromatic carbocycles. The van der Waals surface area contributed by atoms with Gasteiger partial charge in [0, 0.05) is 0 Å². The molecule has 1 aromatic heterocycles. The maximum atomic E-state index is 11.6. The molecule has 88 valence electrons. The van der Waals surface area contributed by atoms with Gasteiger partial charge in [0.1, 0.15) is 12.3 Å². The first kappa shape index (κ1) is 12.3. The predicted molar refractivity (Wildman–Crippen MR) is 57.1 cm³/mol. The van der Waals surface area contributed by atoms with Gasteiger partial charge in [0.15, 0.2) is 0 Å². The third-order valence-corrected chi connectivity index (χ3v) is 2.17. The monoisotopic (exact) mass is 225 g/mol. The zero-order chi connectivity index (χ0) is 12.3. The molecule has 1 aromatic rings. The van der Waals surface area contributed by atoms with E-state index in [-0.39, 0.29) is 0 Å². The van der Waals surface area contributed by atoms with Gasteiger partial charge in [-0.15, -0.1) is 0 Å². The van der Waals surface area contributed by atoms with Gasteiger partial charge in [0.2, 0.25) is 0 Å². The van der Waals surface area contributed by atoms with Crippen LogP contribution in [0.5, 0.6) is 0 Å². The van der Waals surface area contributed by atoms with Crippen molar-refractivity contribution in [2.75, 3.05) is 0 Å². The molecule has 0 aliphatic heterocycles. The molecule has 1 amide bonds. The number of hydrogen-bond donors (Lipinski definition) is 2. The maximum Gasteiger partial charge on any atom is 0.326 e. The Balaban J connectivity index is 2.78. The molecule has 0 saturated heterocycles. The lowest BCUT2D eigenvalue weighted by Crippen LogP contribution is -2.49. The number of amides is 1. The average Bonchev–Trinajstić information content (AvgIpc) is 2.63. The average molecular weight is 225 g/mol. The molecule has 0 radical (unpaired) electrons. The standard InChI is InChI=1S/C11H15NO4/c1-11(2,3)8(10(14)15)12-9(13)7-4-5-16-6-7/h4-6,8H,1-3H3,(H,12,13)(H,14,15). The van der Waals surface area contributed by atoms with Crippen molar-refractivity contribution in [3.05, 3.63) is 24.2 Å². The van der Waals surface area contributed by atoms with Crippen molar-refractivity contribution in [2.24, 2.45) is 5.41 Å². The Kier molecular flexibility index (Phi) is 3.37. The Hall–Kier alpha value is -1.78. The van der Waals surface area contributed by atoms with Gasteiger partial charge in [-0.05, 0) is 11.5 Å². The normalized spacial score (nSPS) is 13.2. The quantitative estimate of drug-likeness (QED) is 0.817. The number of carbonyl (C=O) groups excluding carboxylic acids is 1. The Bertz CT molecular complexity index is 375. The summed E-state index contributed by atoms with van der Waals surface area (Å²) < 4.78 is 4.76. The highest BCUT2D eigenvalue weighted by molar-refractivity contribution is 5.96. The summed E-state index contributed by atoms with van der Waals surface area (Å²) in [6.45, 7) is 5.25. The minimum atomic E-state index is -1.05. The molecule has 1 heterocycles. The van der Waals surface area contributed by atoms with Crippen LogP contribution in [0.25, 0.3) is 0 Å². The van der Waals surface area contributed by atoms with E-state index in [1.165, 1.54) is 18.6 Å². The first-order valence-electron chi connectivity index (χ1n) is 4.88. The summed E-state index contributed by atoms with van der Waals surface area (Å²) in [5.74, 6) is -1.50. The molecule has 1 atom stereocenters. The van der Waals surface area contributed by atoms with Crippen molar-refractivity contribution in [2.45, 2.75) is 26.8 Å². The third kappa shape index (κ3) is 2.85. The number of aliphatic carboxylic acids is 1. The van der Waals surface area contributed by atoms with E-state index in [0.717, 1.165) is 0 Å². The van der Waals surface area contributed by atoms with Gasteiger partial charge < -0.3 is 14.8 Å². The highest BCUT2D eigenvalue weighted by atomic mass is 16.4. The summed E-state index contributed by atoms with van der Waals surface area (Å²) >= 11 is 0. The molecular weight excluding hydrogens is 210 g/mol. The van der Waals surface area contributed by atoms with E-state index in [4.69, 9.17) is 9.52 Å². The van der Waals surface area contributed by atoms with Crippen LogP contribution in [0.3, 0.4) is 0 Å². The lowest BCUT2D eigenvalue weighted by Gasteiger charge is -2.27. The van der Waals surface area contributed by atoms with E-state index in [1.54, 1.807) is 20.8 Å². The van der Waals surface area contributed by atoms with Crippen molar-refractivity contribution in [1.29, 1.82) is 0 Å². The van der Waals surface area contributed by atoms with Crippen LogP contribution in [-0.4, -0.2) is 23.0 Å². The summed E-state index contributed by atoms with van der Waals surface area (Å²) in [7, 11) is 0. The molecule has 0 spiro atoms. The number of rotatable bonds is 3. The Morgan fingerprint density at radius 2 is 2.06 bits per heavy atom. The summed E-state index contributed by atoms with van der Waals surface area (Å²) in [6, 6.07) is 0.548. The van der Waals surface area contributed by atoms with Crippen LogP contribution < -0.4 is 5.32 Å². The molecule has 16 heavy (non-hydrogen) atoms. The van der Waals surface area contributed by atoms with Crippen molar-refractivity contribution in [3.63, 3.8) is 0 Å². The second kappa shape index (κ2) is 4.38. The van der Waals surface area contributed by atoms with Gasteiger partial charge in [0.05, 0.1) is 11.8 Å². The molecular formula is C11H15NO4. The zero-order valence-electron chi connectivity index (χ0n) is 9.48. The second-order valence-corrected chi connectivity index (χ2v) is 4.62. The molecule has 0 aliphatic rings. The number of carbonyl (C=O) groups is 2. The van der Waals surface area contributed by atoms with Crippen molar-refractivity contribution in [3.8, 4) is 0 Å². The first-order valence-corrected chi connectivity index (χ1v) is 4.88. The van der Waals surface area contributed by atoms with Crippen LogP contribution >= 0.6 is 0 Å². The summed E-state index contributed by atoms with van der Waals surface area (Å²) in [5.41, 5.74) is -0.235. The Morgan fingerprint density at radius 3 is 2.44 bits per heavy atom. The van der Waals surface area contributed by atoms with E-state index in [0.29, 0.717) is 5.56 Å². The fraction of sp³-hybridized carbons (Fsp3) is 0.455. The van der Waals surface area contributed by atoms with E-state index >= 15 is 0 Å². The Labute approximate surface area is 93.4 Å². The third-order valence-electron chi connectivity index (χ3n) is 2.17. The van der Waals surface area contributed by atoms with E-state index < -0.39 is 23.3 Å². The number of hydrogen-bond acceptors (Lipinski definition) is 3. The SMILES string of the molecule is CC(C)(C)C(NC(=O)c1ccoc1)C(=O)O. The molecule has 5 nitrogen and oxygen atoms in total. The van der Waals surface area contributed by atoms with Gasteiger partial charge in [-0.3, -0.25) is 4.79 Å². The van der Waals surface area contributed by atoms with Crippen LogP contribution in [0.1, 0.15) is 31.1 Å². The molecule has 0 saturated carbocycles. The van der Waals surface area contributed by atoms with Crippen molar-refractivity contribution < 1.29 is 19.1 Å². The van der Waals surface area contributed by atoms with Crippen LogP contribution in [0.4, 0.5) is 0 Å². The van der Waals surface area contributed by atoms with Gasteiger partial charge in [0.25, 0.3) is 5.91 Å². The highest BCUT2D eigenvalue weighted by Gasteiger charge is 2.32. The summed E-state index contributed by atoms with van der Waals surface area (Å²) in [4.78, 5) is 22.6. The van der Waals surface area contributed by atoms with E-state index in [1.807, 2.05) is 0 Å². The van der Waals surface area contributed by atoms with Crippen molar-refractivity contribution in [1.82, 2.24) is 5.32 Å². The van der Waals surface area contributed by atoms with Crippen molar-refractivity contribution >= 4 is 11.9 Å². The van der Waals surface area contributed by atoms with E-state index in [2.05, 4.69) is 5.32 Å². The summed E-state index contributed by atoms with van der Waals surface area (Å²) in [5, 5.41) is 11.5. The molecule has 2 N–H and O–H groups in total. The highest BCUT2D eigenvalue weighted by Crippen LogP contribution is 2.19. The lowest BCUT2D eigenvalue weighted by molar-refractivity contribution is -0.142. The number of furan rings is 1. The van der Waals surface area contributed by atoms with Crippen LogP contribution in [0, 0.1) is 5.41 Å². The van der Waals surface area contributed by atoms with Gasteiger partial charge in [-0.2, -0.15) is 0 Å². The van der Waals surface area contributed by atoms with Gasteiger partial charge in [-0.1, -0.05) is 20.8 Å². The molecule has 1 rings (SSSR count). The maximum absolute atomic E-state index is 11.6. The first-order chi connectivity index (χ1) is 7.32. The van der Waals surface area contributed by atoms with Gasteiger partial charge in [-0.25, -0.2) is 4.79 Å². The molecule has 0 aliphatic carbocycles. The molecule has 0 fully saturated rings. The number of carboxylic acid groups (broad SMARTS) is 1. The molecule has 1 unspecified atom stereocenters. The lowest BCUT2D eigenvalue weighted by atomic mass is 9.86. The fourth-order valence-corrected chi connectivity index (χ4v) is 1.26. The number of carboxylic acids is 1. The van der Waals surface area contributed by atoms with E-state index in [9.17, 15) is 9.59 Å². The zero-order valence-corrected chi connectivity index (χ0v) is 9.48. The minimum absolute atomic E-state index is 0.315. The minimum Gasteiger partial charge on any atom is -0.480 e. The fourth-order valence-electron chi connectivity index (χ4n) is 1.26. The van der Waals surface area contributed by atoms with Crippen LogP contribution in [0.2, 0.25) is 0 Å². The summed E-state index contributed by atoms with van der Waals surface area (Å²) in [6.07, 6.45) is 2.64. The Morgan fingerprint density at radius 1 is 1.44 bits per heavy atom. The smallest absolute Gasteiger partial charge is 0.326 e. The largest absolute Gasteiger partial charge is 0.480 e. The topological polar surface area (TPSA) is 79.5 Å².